The predicted molar refractivity (Wildman–Crippen MR) is 133 cm³/mol. The van der Waals surface area contributed by atoms with Crippen LogP contribution in [0.2, 0.25) is 0 Å². The predicted octanol–water partition coefficient (Wildman–Crippen LogP) is 4.80. The Hall–Kier alpha value is -4.17. The lowest BCUT2D eigenvalue weighted by Gasteiger charge is -2.11. The summed E-state index contributed by atoms with van der Waals surface area (Å²) in [7, 11) is 5.31. The third kappa shape index (κ3) is 5.67. The van der Waals surface area contributed by atoms with Crippen LogP contribution in [0.3, 0.4) is 0 Å². The van der Waals surface area contributed by atoms with Gasteiger partial charge in [-0.3, -0.25) is 0 Å². The summed E-state index contributed by atoms with van der Waals surface area (Å²) in [6.45, 7) is 0.601. The lowest BCUT2D eigenvalue weighted by molar-refractivity contribution is -0.142. The Kier molecular flexibility index (Phi) is 7.12. The topological polar surface area (TPSA) is 87.2 Å². The number of aromatic hydroxyl groups is 1. The summed E-state index contributed by atoms with van der Waals surface area (Å²) < 4.78 is 23.8. The van der Waals surface area contributed by atoms with Crippen molar-refractivity contribution in [3.05, 3.63) is 89.2 Å². The first-order chi connectivity index (χ1) is 16.8. The summed E-state index contributed by atoms with van der Waals surface area (Å²) in [6, 6.07) is 19.1. The van der Waals surface area contributed by atoms with Gasteiger partial charge in [0.05, 0.1) is 29.6 Å². The van der Waals surface area contributed by atoms with Gasteiger partial charge in [-0.05, 0) is 74.3 Å². The smallest absolute Gasteiger partial charge is 0.343 e. The molecule has 0 fully saturated rings. The number of hydrogen-bond acceptors (Lipinski definition) is 6. The number of esters is 1. The summed E-state index contributed by atoms with van der Waals surface area (Å²) in [5.74, 6) is -0.520. The molecule has 0 bridgehead atoms. The van der Waals surface area contributed by atoms with Gasteiger partial charge >= 0.3 is 5.97 Å². The first-order valence-corrected chi connectivity index (χ1v) is 11.0. The number of benzene rings is 3. The van der Waals surface area contributed by atoms with E-state index in [1.54, 1.807) is 30.3 Å². The fourth-order valence-corrected chi connectivity index (χ4v) is 3.74. The monoisotopic (exact) mass is 475 g/mol. The highest BCUT2D eigenvalue weighted by Gasteiger charge is 2.19. The molecule has 4 rings (SSSR count). The maximum Gasteiger partial charge on any atom is 0.343 e. The Morgan fingerprint density at radius 3 is 2.43 bits per heavy atom. The summed E-state index contributed by atoms with van der Waals surface area (Å²) in [5.41, 5.74) is 3.97. The van der Waals surface area contributed by atoms with Gasteiger partial charge in [0, 0.05) is 17.5 Å². The SMILES string of the molecule is COC(=O)COc1ccc(C(=Nc2ccc(CN(C)C)cc2)c2c(O)[nH]c3cc(F)ccc23)cc1. The average molecular weight is 476 g/mol. The Bertz CT molecular complexity index is 1360. The maximum atomic E-state index is 13.8. The molecule has 2 N–H and O–H groups in total. The third-order valence-electron chi connectivity index (χ3n) is 5.37. The number of fused-ring (bicyclic) bond motifs is 1. The van der Waals surface area contributed by atoms with Crippen LogP contribution in [0.25, 0.3) is 10.9 Å². The fraction of sp³-hybridized carbons (Fsp3) is 0.185. The Labute approximate surface area is 202 Å². The van der Waals surface area contributed by atoms with Crippen molar-refractivity contribution in [1.29, 1.82) is 0 Å². The van der Waals surface area contributed by atoms with Crippen LogP contribution in [-0.4, -0.2) is 54.5 Å². The quantitative estimate of drug-likeness (QED) is 0.283. The molecule has 0 aliphatic rings. The van der Waals surface area contributed by atoms with Crippen molar-refractivity contribution < 1.29 is 23.8 Å². The van der Waals surface area contributed by atoms with Gasteiger partial charge < -0.3 is 24.5 Å². The Morgan fingerprint density at radius 2 is 1.77 bits per heavy atom. The lowest BCUT2D eigenvalue weighted by Crippen LogP contribution is -2.12. The van der Waals surface area contributed by atoms with Gasteiger partial charge in [0.2, 0.25) is 0 Å². The second-order valence-electron chi connectivity index (χ2n) is 8.29. The van der Waals surface area contributed by atoms with Crippen LogP contribution in [0, 0.1) is 5.82 Å². The van der Waals surface area contributed by atoms with E-state index >= 15 is 0 Å². The number of rotatable bonds is 8. The van der Waals surface area contributed by atoms with E-state index in [0.717, 1.165) is 12.1 Å². The molecule has 35 heavy (non-hydrogen) atoms. The highest BCUT2D eigenvalue weighted by Crippen LogP contribution is 2.32. The minimum Gasteiger partial charge on any atom is -0.494 e. The summed E-state index contributed by atoms with van der Waals surface area (Å²) in [5, 5.41) is 11.4. The van der Waals surface area contributed by atoms with Crippen molar-refractivity contribution in [2.24, 2.45) is 4.99 Å². The van der Waals surface area contributed by atoms with Crippen LogP contribution < -0.4 is 4.74 Å². The molecule has 1 heterocycles. The van der Waals surface area contributed by atoms with Crippen LogP contribution in [0.5, 0.6) is 11.6 Å². The van der Waals surface area contributed by atoms with Gasteiger partial charge in [-0.15, -0.1) is 0 Å². The molecule has 0 spiro atoms. The molecule has 0 saturated carbocycles. The van der Waals surface area contributed by atoms with Gasteiger partial charge in [0.25, 0.3) is 0 Å². The Morgan fingerprint density at radius 1 is 1.06 bits per heavy atom. The van der Waals surface area contributed by atoms with Gasteiger partial charge in [-0.2, -0.15) is 0 Å². The normalized spacial score (nSPS) is 11.7. The second-order valence-corrected chi connectivity index (χ2v) is 8.29. The zero-order chi connectivity index (χ0) is 24.9. The summed E-state index contributed by atoms with van der Waals surface area (Å²) in [4.78, 5) is 21.1. The van der Waals surface area contributed by atoms with Crippen molar-refractivity contribution >= 4 is 28.3 Å². The molecule has 0 aliphatic heterocycles. The molecule has 7 nitrogen and oxygen atoms in total. The van der Waals surface area contributed by atoms with Gasteiger partial charge in [-0.25, -0.2) is 14.2 Å². The minimum absolute atomic E-state index is 0.111. The molecule has 180 valence electrons. The van der Waals surface area contributed by atoms with Crippen molar-refractivity contribution in [3.8, 4) is 11.6 Å². The number of halogens is 1. The highest BCUT2D eigenvalue weighted by molar-refractivity contribution is 6.21. The molecule has 8 heteroatoms. The molecule has 0 atom stereocenters. The molecular weight excluding hydrogens is 449 g/mol. The summed E-state index contributed by atoms with van der Waals surface area (Å²) in [6.07, 6.45) is 0. The number of aliphatic imine (C=N–C) groups is 1. The van der Waals surface area contributed by atoms with Gasteiger partial charge in [0.15, 0.2) is 12.5 Å². The molecule has 1 aromatic heterocycles. The van der Waals surface area contributed by atoms with Crippen molar-refractivity contribution in [2.75, 3.05) is 27.8 Å². The number of H-pyrrole nitrogens is 1. The number of carbonyl (C=O) groups excluding carboxylic acids is 1. The number of methoxy groups -OCH3 is 1. The van der Waals surface area contributed by atoms with Crippen LogP contribution in [0.15, 0.2) is 71.7 Å². The lowest BCUT2D eigenvalue weighted by atomic mass is 10.0. The zero-order valence-corrected chi connectivity index (χ0v) is 19.7. The van der Waals surface area contributed by atoms with E-state index in [9.17, 15) is 14.3 Å². The van der Waals surface area contributed by atoms with Gasteiger partial charge in [-0.1, -0.05) is 12.1 Å². The number of ether oxygens (including phenoxy) is 2. The molecule has 3 aromatic carbocycles. The van der Waals surface area contributed by atoms with E-state index in [4.69, 9.17) is 9.73 Å². The minimum atomic E-state index is -0.481. The van der Waals surface area contributed by atoms with Gasteiger partial charge in [0.1, 0.15) is 11.6 Å². The zero-order valence-electron chi connectivity index (χ0n) is 19.7. The van der Waals surface area contributed by atoms with E-state index in [2.05, 4.69) is 14.6 Å². The van der Waals surface area contributed by atoms with Crippen molar-refractivity contribution in [1.82, 2.24) is 9.88 Å². The molecular formula is C27H26FN3O4. The first kappa shape index (κ1) is 24.0. The number of carbonyl (C=O) groups is 1. The number of aromatic nitrogens is 1. The highest BCUT2D eigenvalue weighted by atomic mass is 19.1. The Balaban J connectivity index is 1.77. The standard InChI is InChI=1S/C27H26FN3O4/c1-31(2)15-17-4-9-20(10-5-17)29-26(18-6-11-21(12-7-18)35-16-24(32)34-3)25-22-13-8-19(28)14-23(22)30-27(25)33/h4-14,30,33H,15-16H2,1-3H3. The number of hydrogen-bond donors (Lipinski definition) is 2. The number of nitrogens with zero attached hydrogens (tertiary/aromatic N) is 2. The van der Waals surface area contributed by atoms with Crippen LogP contribution in [-0.2, 0) is 16.1 Å². The van der Waals surface area contributed by atoms with Crippen LogP contribution >= 0.6 is 0 Å². The van der Waals surface area contributed by atoms with Crippen molar-refractivity contribution in [3.63, 3.8) is 0 Å². The van der Waals surface area contributed by atoms with E-state index in [1.165, 1.54) is 19.2 Å². The number of aromatic amines is 1. The van der Waals surface area contributed by atoms with Crippen LogP contribution in [0.1, 0.15) is 16.7 Å². The van der Waals surface area contributed by atoms with Crippen molar-refractivity contribution in [2.45, 2.75) is 6.54 Å². The first-order valence-electron chi connectivity index (χ1n) is 11.0. The molecule has 0 saturated heterocycles. The molecule has 0 amide bonds. The molecule has 0 radical (unpaired) electrons. The largest absolute Gasteiger partial charge is 0.494 e. The molecule has 0 aliphatic carbocycles. The fourth-order valence-electron chi connectivity index (χ4n) is 3.74. The van der Waals surface area contributed by atoms with E-state index in [0.29, 0.717) is 39.2 Å². The van der Waals surface area contributed by atoms with E-state index in [1.807, 2.05) is 38.4 Å². The third-order valence-corrected chi connectivity index (χ3v) is 5.37. The second kappa shape index (κ2) is 10.4. The number of nitrogens with one attached hydrogen (secondary N) is 1. The van der Waals surface area contributed by atoms with Crippen LogP contribution in [0.4, 0.5) is 10.1 Å². The molecule has 0 unspecified atom stereocenters. The van der Waals surface area contributed by atoms with E-state index in [-0.39, 0.29) is 12.5 Å². The van der Waals surface area contributed by atoms with E-state index < -0.39 is 11.8 Å². The summed E-state index contributed by atoms with van der Waals surface area (Å²) >= 11 is 0. The molecule has 4 aromatic rings. The maximum absolute atomic E-state index is 13.8. The average Bonchev–Trinajstić information content (AvgIpc) is 3.16.